The Morgan fingerprint density at radius 3 is 3.00 bits per heavy atom. The largest absolute Gasteiger partial charge is 0.298 e. The van der Waals surface area contributed by atoms with Crippen LogP contribution < -0.4 is 0 Å². The molecule has 0 bridgehead atoms. The van der Waals surface area contributed by atoms with Crippen LogP contribution in [0.2, 0.25) is 0 Å². The van der Waals surface area contributed by atoms with Crippen molar-refractivity contribution in [3.8, 4) is 6.07 Å². The van der Waals surface area contributed by atoms with Crippen LogP contribution in [0, 0.1) is 11.3 Å². The Kier molecular flexibility index (Phi) is 3.94. The van der Waals surface area contributed by atoms with Gasteiger partial charge in [-0.3, -0.25) is 4.90 Å². The van der Waals surface area contributed by atoms with E-state index < -0.39 is 9.84 Å². The van der Waals surface area contributed by atoms with Crippen LogP contribution in [-0.4, -0.2) is 42.9 Å². The summed E-state index contributed by atoms with van der Waals surface area (Å²) in [5.74, 6) is 0.506. The van der Waals surface area contributed by atoms with Gasteiger partial charge >= 0.3 is 0 Å². The lowest BCUT2D eigenvalue weighted by atomic mass is 10.2. The first-order valence-electron chi connectivity index (χ1n) is 5.87. The Labute approximate surface area is 107 Å². The van der Waals surface area contributed by atoms with Crippen LogP contribution >= 0.6 is 0 Å². The normalized spacial score (nSPS) is 19.9. The second-order valence-corrected chi connectivity index (χ2v) is 6.75. The maximum absolute atomic E-state index is 11.5. The van der Waals surface area contributed by atoms with Crippen LogP contribution in [0.4, 0.5) is 0 Å². The molecule has 0 spiro atoms. The number of hydrogen-bond donors (Lipinski definition) is 0. The number of hydrogen-bond acceptors (Lipinski definition) is 5. The van der Waals surface area contributed by atoms with Crippen LogP contribution in [-0.2, 0) is 16.4 Å². The van der Waals surface area contributed by atoms with Crippen molar-refractivity contribution < 1.29 is 8.42 Å². The zero-order valence-electron chi connectivity index (χ0n) is 10.0. The van der Waals surface area contributed by atoms with E-state index in [9.17, 15) is 8.42 Å². The summed E-state index contributed by atoms with van der Waals surface area (Å²) in [6.45, 7) is 2.02. The first-order valence-corrected chi connectivity index (χ1v) is 7.69. The number of nitrogens with zero attached hydrogens (tertiary/aromatic N) is 3. The van der Waals surface area contributed by atoms with Crippen molar-refractivity contribution in [1.29, 1.82) is 5.26 Å². The van der Waals surface area contributed by atoms with Gasteiger partial charge in [0.05, 0.1) is 11.5 Å². The van der Waals surface area contributed by atoms with E-state index in [1.165, 1.54) is 0 Å². The van der Waals surface area contributed by atoms with Crippen LogP contribution in [0.5, 0.6) is 0 Å². The summed E-state index contributed by atoms with van der Waals surface area (Å²) in [5.41, 5.74) is 1.40. The minimum atomic E-state index is -2.86. The highest BCUT2D eigenvalue weighted by Gasteiger charge is 2.19. The van der Waals surface area contributed by atoms with E-state index in [1.807, 2.05) is 12.1 Å². The van der Waals surface area contributed by atoms with Crippen molar-refractivity contribution in [1.82, 2.24) is 9.88 Å². The van der Waals surface area contributed by atoms with Gasteiger partial charge in [0.15, 0.2) is 9.84 Å². The number of nitriles is 1. The van der Waals surface area contributed by atoms with E-state index in [-0.39, 0.29) is 11.5 Å². The quantitative estimate of drug-likeness (QED) is 0.781. The van der Waals surface area contributed by atoms with Crippen molar-refractivity contribution in [3.63, 3.8) is 0 Å². The minimum absolute atomic E-state index is 0.225. The Morgan fingerprint density at radius 1 is 1.39 bits per heavy atom. The lowest BCUT2D eigenvalue weighted by molar-refractivity contribution is 0.287. The van der Waals surface area contributed by atoms with Crippen molar-refractivity contribution in [2.24, 2.45) is 0 Å². The highest BCUT2D eigenvalue weighted by atomic mass is 32.2. The molecule has 0 atom stereocenters. The Morgan fingerprint density at radius 2 is 2.22 bits per heavy atom. The molecule has 1 aliphatic heterocycles. The third kappa shape index (κ3) is 3.52. The lowest BCUT2D eigenvalue weighted by Gasteiger charge is -2.18. The molecule has 1 aliphatic rings. The monoisotopic (exact) mass is 265 g/mol. The van der Waals surface area contributed by atoms with Gasteiger partial charge < -0.3 is 0 Å². The fraction of sp³-hybridized carbons (Fsp3) is 0.500. The van der Waals surface area contributed by atoms with E-state index in [1.54, 1.807) is 12.3 Å². The third-order valence-corrected chi connectivity index (χ3v) is 4.71. The van der Waals surface area contributed by atoms with Gasteiger partial charge in [-0.25, -0.2) is 13.4 Å². The van der Waals surface area contributed by atoms with Crippen molar-refractivity contribution in [2.45, 2.75) is 13.0 Å². The molecule has 1 aromatic heterocycles. The summed E-state index contributed by atoms with van der Waals surface area (Å²) in [6.07, 6.45) is 2.29. The summed E-state index contributed by atoms with van der Waals surface area (Å²) in [7, 11) is -2.86. The molecule has 0 aromatic carbocycles. The molecule has 96 valence electrons. The summed E-state index contributed by atoms with van der Waals surface area (Å²) in [5, 5.41) is 8.78. The molecule has 0 N–H and O–H groups in total. The predicted octanol–water partition coefficient (Wildman–Crippen LogP) is 0.574. The molecule has 0 aliphatic carbocycles. The van der Waals surface area contributed by atoms with Gasteiger partial charge in [-0.15, -0.1) is 0 Å². The van der Waals surface area contributed by atoms with Crippen LogP contribution in [0.1, 0.15) is 17.7 Å². The zero-order chi connectivity index (χ0) is 13.0. The number of pyridine rings is 1. The second kappa shape index (κ2) is 5.46. The Hall–Kier alpha value is -1.45. The first-order chi connectivity index (χ1) is 8.59. The molecule has 1 fully saturated rings. The molecule has 0 radical (unpaired) electrons. The molecule has 5 nitrogen and oxygen atoms in total. The van der Waals surface area contributed by atoms with Gasteiger partial charge in [0.1, 0.15) is 11.8 Å². The summed E-state index contributed by atoms with van der Waals surface area (Å²) in [6, 6.07) is 5.62. The maximum atomic E-state index is 11.5. The van der Waals surface area contributed by atoms with Gasteiger partial charge in [0.25, 0.3) is 0 Å². The molecule has 1 aromatic rings. The van der Waals surface area contributed by atoms with Crippen LogP contribution in [0.15, 0.2) is 18.3 Å². The van der Waals surface area contributed by atoms with E-state index in [0.29, 0.717) is 25.2 Å². The van der Waals surface area contributed by atoms with E-state index in [0.717, 1.165) is 12.1 Å². The molecular weight excluding hydrogens is 250 g/mol. The maximum Gasteiger partial charge on any atom is 0.151 e. The number of aromatic nitrogens is 1. The molecular formula is C12H15N3O2S. The number of sulfone groups is 1. The summed E-state index contributed by atoms with van der Waals surface area (Å²) in [4.78, 5) is 6.03. The fourth-order valence-electron chi connectivity index (χ4n) is 2.04. The van der Waals surface area contributed by atoms with Gasteiger partial charge in [-0.2, -0.15) is 5.26 Å². The first kappa shape index (κ1) is 13.0. The highest BCUT2D eigenvalue weighted by molar-refractivity contribution is 7.91. The van der Waals surface area contributed by atoms with Gasteiger partial charge in [0, 0.05) is 19.3 Å². The molecule has 18 heavy (non-hydrogen) atoms. The fourth-order valence-corrected chi connectivity index (χ4v) is 3.35. The molecule has 1 saturated heterocycles. The van der Waals surface area contributed by atoms with Gasteiger partial charge in [-0.1, -0.05) is 0 Å². The Balaban J connectivity index is 2.03. The van der Waals surface area contributed by atoms with Crippen molar-refractivity contribution >= 4 is 9.84 Å². The van der Waals surface area contributed by atoms with Gasteiger partial charge in [-0.05, 0) is 30.7 Å². The van der Waals surface area contributed by atoms with Crippen molar-refractivity contribution in [3.05, 3.63) is 29.6 Å². The van der Waals surface area contributed by atoms with Gasteiger partial charge in [0.2, 0.25) is 0 Å². The SMILES string of the molecule is N#Cc1cc(CN2CCCS(=O)(=O)CC2)ccn1. The van der Waals surface area contributed by atoms with E-state index in [4.69, 9.17) is 5.26 Å². The summed E-state index contributed by atoms with van der Waals surface area (Å²) >= 11 is 0. The second-order valence-electron chi connectivity index (χ2n) is 4.44. The Bertz CT molecular complexity index is 563. The number of rotatable bonds is 2. The predicted molar refractivity (Wildman–Crippen MR) is 67.5 cm³/mol. The van der Waals surface area contributed by atoms with Crippen LogP contribution in [0.3, 0.4) is 0 Å². The molecule has 6 heteroatoms. The molecule has 0 unspecified atom stereocenters. The lowest BCUT2D eigenvalue weighted by Crippen LogP contribution is -2.26. The minimum Gasteiger partial charge on any atom is -0.298 e. The standard InChI is InChI=1S/C12H15N3O2S/c13-9-12-8-11(2-3-14-12)10-15-4-1-6-18(16,17)7-5-15/h2-3,8H,1,4-7,10H2. The van der Waals surface area contributed by atoms with E-state index >= 15 is 0 Å². The zero-order valence-corrected chi connectivity index (χ0v) is 10.9. The molecule has 0 saturated carbocycles. The molecule has 2 rings (SSSR count). The van der Waals surface area contributed by atoms with E-state index in [2.05, 4.69) is 9.88 Å². The smallest absolute Gasteiger partial charge is 0.151 e. The highest BCUT2D eigenvalue weighted by Crippen LogP contribution is 2.10. The average Bonchev–Trinajstić information content (AvgIpc) is 2.51. The third-order valence-electron chi connectivity index (χ3n) is 2.99. The van der Waals surface area contributed by atoms with Crippen LogP contribution in [0.25, 0.3) is 0 Å². The average molecular weight is 265 g/mol. The molecule has 2 heterocycles. The topological polar surface area (TPSA) is 74.1 Å². The van der Waals surface area contributed by atoms with Crippen molar-refractivity contribution in [2.75, 3.05) is 24.6 Å². The summed E-state index contributed by atoms with van der Waals surface area (Å²) < 4.78 is 23.0. The molecule has 0 amide bonds.